The SMILES string of the molecule is CC1CCc2nc3ccccc3c(C(=O)OC(C)C(=O)N3CCN(c4ccccc4)CC3)c2C1. The summed E-state index contributed by atoms with van der Waals surface area (Å²) in [6, 6.07) is 17.9. The normalized spacial score (nSPS) is 18.9. The van der Waals surface area contributed by atoms with Crippen LogP contribution in [0.5, 0.6) is 0 Å². The van der Waals surface area contributed by atoms with Crippen molar-refractivity contribution in [2.75, 3.05) is 31.1 Å². The van der Waals surface area contributed by atoms with Crippen molar-refractivity contribution in [1.82, 2.24) is 9.88 Å². The highest BCUT2D eigenvalue weighted by Gasteiger charge is 2.31. The van der Waals surface area contributed by atoms with Gasteiger partial charge in [-0.15, -0.1) is 0 Å². The Morgan fingerprint density at radius 1 is 1.00 bits per heavy atom. The number of esters is 1. The van der Waals surface area contributed by atoms with E-state index in [1.807, 2.05) is 42.5 Å². The fraction of sp³-hybridized carbons (Fsp3) is 0.393. The molecule has 1 saturated heterocycles. The predicted molar refractivity (Wildman–Crippen MR) is 133 cm³/mol. The van der Waals surface area contributed by atoms with Crippen LogP contribution in [-0.2, 0) is 22.4 Å². The van der Waals surface area contributed by atoms with Crippen molar-refractivity contribution < 1.29 is 14.3 Å². The van der Waals surface area contributed by atoms with Crippen LogP contribution in [0.4, 0.5) is 5.69 Å². The van der Waals surface area contributed by atoms with Gasteiger partial charge in [0, 0.05) is 42.9 Å². The lowest BCUT2D eigenvalue weighted by Gasteiger charge is -2.37. The third kappa shape index (κ3) is 4.37. The van der Waals surface area contributed by atoms with Crippen molar-refractivity contribution in [3.63, 3.8) is 0 Å². The molecule has 34 heavy (non-hydrogen) atoms. The van der Waals surface area contributed by atoms with Crippen molar-refractivity contribution in [1.29, 1.82) is 0 Å². The Kier molecular flexibility index (Phi) is 6.22. The molecule has 1 fully saturated rings. The zero-order valence-electron chi connectivity index (χ0n) is 19.9. The summed E-state index contributed by atoms with van der Waals surface area (Å²) in [7, 11) is 0. The summed E-state index contributed by atoms with van der Waals surface area (Å²) < 4.78 is 5.80. The number of aromatic nitrogens is 1. The standard InChI is InChI=1S/C28H31N3O3/c1-19-12-13-25-23(18-19)26(22-10-6-7-11-24(22)29-25)28(33)34-20(2)27(32)31-16-14-30(15-17-31)21-8-4-3-5-9-21/h3-11,19-20H,12-18H2,1-2H3. The van der Waals surface area contributed by atoms with E-state index in [2.05, 4.69) is 24.0 Å². The molecule has 176 valence electrons. The van der Waals surface area contributed by atoms with Gasteiger partial charge >= 0.3 is 5.97 Å². The number of rotatable bonds is 4. The van der Waals surface area contributed by atoms with Crippen LogP contribution in [0.2, 0.25) is 0 Å². The zero-order valence-corrected chi connectivity index (χ0v) is 19.9. The molecule has 1 amide bonds. The van der Waals surface area contributed by atoms with Gasteiger partial charge < -0.3 is 14.5 Å². The highest BCUT2D eigenvalue weighted by atomic mass is 16.5. The van der Waals surface area contributed by atoms with E-state index < -0.39 is 12.1 Å². The second kappa shape index (κ2) is 9.45. The van der Waals surface area contributed by atoms with Gasteiger partial charge in [0.2, 0.25) is 0 Å². The molecule has 1 aliphatic heterocycles. The number of carbonyl (C=O) groups excluding carboxylic acids is 2. The minimum atomic E-state index is -0.834. The Hall–Kier alpha value is -3.41. The summed E-state index contributed by atoms with van der Waals surface area (Å²) in [6.45, 7) is 6.63. The average Bonchev–Trinajstić information content (AvgIpc) is 2.87. The number of ether oxygens (including phenoxy) is 1. The lowest BCUT2D eigenvalue weighted by atomic mass is 9.84. The molecule has 1 aliphatic carbocycles. The first kappa shape index (κ1) is 22.4. The van der Waals surface area contributed by atoms with Gasteiger partial charge in [-0.3, -0.25) is 9.78 Å². The fourth-order valence-corrected chi connectivity index (χ4v) is 5.15. The number of piperazine rings is 1. The van der Waals surface area contributed by atoms with Crippen LogP contribution in [0.1, 0.15) is 41.9 Å². The molecule has 2 aliphatic rings. The predicted octanol–water partition coefficient (Wildman–Crippen LogP) is 4.25. The molecule has 2 atom stereocenters. The molecule has 0 saturated carbocycles. The third-order valence-electron chi connectivity index (χ3n) is 7.05. The fourth-order valence-electron chi connectivity index (χ4n) is 5.15. The van der Waals surface area contributed by atoms with E-state index in [0.717, 1.165) is 60.2 Å². The quantitative estimate of drug-likeness (QED) is 0.548. The minimum Gasteiger partial charge on any atom is -0.449 e. The van der Waals surface area contributed by atoms with Crippen LogP contribution in [0.25, 0.3) is 10.9 Å². The maximum absolute atomic E-state index is 13.4. The van der Waals surface area contributed by atoms with Crippen LogP contribution in [0, 0.1) is 5.92 Å². The van der Waals surface area contributed by atoms with Crippen LogP contribution in [0.15, 0.2) is 54.6 Å². The topological polar surface area (TPSA) is 62.7 Å². The van der Waals surface area contributed by atoms with Crippen molar-refractivity contribution in [2.24, 2.45) is 5.92 Å². The maximum Gasteiger partial charge on any atom is 0.339 e. The summed E-state index contributed by atoms with van der Waals surface area (Å²) in [5, 5.41) is 0.802. The maximum atomic E-state index is 13.4. The molecule has 3 aromatic rings. The molecular formula is C28H31N3O3. The van der Waals surface area contributed by atoms with Crippen LogP contribution in [-0.4, -0.2) is 54.0 Å². The lowest BCUT2D eigenvalue weighted by Crippen LogP contribution is -2.51. The van der Waals surface area contributed by atoms with Gasteiger partial charge in [0.25, 0.3) is 5.91 Å². The molecule has 6 nitrogen and oxygen atoms in total. The van der Waals surface area contributed by atoms with Crippen molar-refractivity contribution in [3.05, 3.63) is 71.4 Å². The Morgan fingerprint density at radius 2 is 1.71 bits per heavy atom. The Bertz CT molecular complexity index is 1200. The van der Waals surface area contributed by atoms with Gasteiger partial charge in [0.1, 0.15) is 0 Å². The van der Waals surface area contributed by atoms with E-state index in [1.54, 1.807) is 11.8 Å². The molecular weight excluding hydrogens is 426 g/mol. The minimum absolute atomic E-state index is 0.137. The smallest absolute Gasteiger partial charge is 0.339 e. The van der Waals surface area contributed by atoms with Gasteiger partial charge in [-0.2, -0.15) is 0 Å². The summed E-state index contributed by atoms with van der Waals surface area (Å²) in [6.07, 6.45) is 1.90. The molecule has 6 heteroatoms. The number of carbonyl (C=O) groups is 2. The van der Waals surface area contributed by atoms with E-state index in [4.69, 9.17) is 9.72 Å². The van der Waals surface area contributed by atoms with Crippen molar-refractivity contribution in [3.8, 4) is 0 Å². The second-order valence-electron chi connectivity index (χ2n) is 9.47. The van der Waals surface area contributed by atoms with Gasteiger partial charge in [0.05, 0.1) is 11.1 Å². The van der Waals surface area contributed by atoms with Crippen LogP contribution >= 0.6 is 0 Å². The molecule has 0 radical (unpaired) electrons. The molecule has 5 rings (SSSR count). The molecule has 0 N–H and O–H groups in total. The number of anilines is 1. The third-order valence-corrected chi connectivity index (χ3v) is 7.05. The van der Waals surface area contributed by atoms with Crippen molar-refractivity contribution >= 4 is 28.5 Å². The lowest BCUT2D eigenvalue weighted by molar-refractivity contribution is -0.140. The number of para-hydroxylation sites is 2. The number of nitrogens with zero attached hydrogens (tertiary/aromatic N) is 3. The Morgan fingerprint density at radius 3 is 2.47 bits per heavy atom. The molecule has 2 aromatic carbocycles. The number of aryl methyl sites for hydroxylation is 1. The first-order valence-electron chi connectivity index (χ1n) is 12.2. The van der Waals surface area contributed by atoms with Gasteiger partial charge in [-0.1, -0.05) is 43.3 Å². The van der Waals surface area contributed by atoms with Gasteiger partial charge in [0.15, 0.2) is 6.10 Å². The highest BCUT2D eigenvalue weighted by molar-refractivity contribution is 6.05. The average molecular weight is 458 g/mol. The first-order chi connectivity index (χ1) is 16.5. The van der Waals surface area contributed by atoms with E-state index in [9.17, 15) is 9.59 Å². The highest BCUT2D eigenvalue weighted by Crippen LogP contribution is 2.32. The molecule has 2 heterocycles. The van der Waals surface area contributed by atoms with Gasteiger partial charge in [-0.05, 0) is 55.9 Å². The van der Waals surface area contributed by atoms with Crippen LogP contribution < -0.4 is 4.90 Å². The Labute approximate surface area is 200 Å². The van der Waals surface area contributed by atoms with Gasteiger partial charge in [-0.25, -0.2) is 4.79 Å². The number of fused-ring (bicyclic) bond motifs is 2. The van der Waals surface area contributed by atoms with Crippen LogP contribution in [0.3, 0.4) is 0 Å². The zero-order chi connectivity index (χ0) is 23.7. The number of hydrogen-bond acceptors (Lipinski definition) is 5. The number of amides is 1. The first-order valence-corrected chi connectivity index (χ1v) is 12.2. The number of benzene rings is 2. The summed E-state index contributed by atoms with van der Waals surface area (Å²) in [4.78, 5) is 35.5. The molecule has 0 spiro atoms. The number of hydrogen-bond donors (Lipinski definition) is 0. The Balaban J connectivity index is 1.31. The van der Waals surface area contributed by atoms with E-state index >= 15 is 0 Å². The monoisotopic (exact) mass is 457 g/mol. The number of pyridine rings is 1. The van der Waals surface area contributed by atoms with E-state index in [0.29, 0.717) is 24.6 Å². The summed E-state index contributed by atoms with van der Waals surface area (Å²) in [5.74, 6) is -0.0728. The summed E-state index contributed by atoms with van der Waals surface area (Å²) >= 11 is 0. The molecule has 2 unspecified atom stereocenters. The molecule has 0 bridgehead atoms. The van der Waals surface area contributed by atoms with E-state index in [1.165, 1.54) is 0 Å². The van der Waals surface area contributed by atoms with E-state index in [-0.39, 0.29) is 5.91 Å². The largest absolute Gasteiger partial charge is 0.449 e. The van der Waals surface area contributed by atoms with Crippen molar-refractivity contribution in [2.45, 2.75) is 39.2 Å². The second-order valence-corrected chi connectivity index (χ2v) is 9.47. The molecule has 1 aromatic heterocycles. The summed E-state index contributed by atoms with van der Waals surface area (Å²) in [5.41, 5.74) is 4.52.